The van der Waals surface area contributed by atoms with E-state index in [4.69, 9.17) is 0 Å². The van der Waals surface area contributed by atoms with E-state index in [1.807, 2.05) is 58.9 Å². The summed E-state index contributed by atoms with van der Waals surface area (Å²) in [4.78, 5) is 0. The predicted molar refractivity (Wildman–Crippen MR) is 73.9 cm³/mol. The molecule has 15 heavy (non-hydrogen) atoms. The lowest BCUT2D eigenvalue weighted by molar-refractivity contribution is 1.50. The third-order valence-corrected chi connectivity index (χ3v) is 1.64. The fraction of sp³-hybridized carbons (Fsp3) is 0.333. The summed E-state index contributed by atoms with van der Waals surface area (Å²) >= 11 is 0. The number of rotatable bonds is 2. The highest BCUT2D eigenvalue weighted by Crippen LogP contribution is 2.17. The Kier molecular flexibility index (Phi) is 11.6. The Morgan fingerprint density at radius 2 is 1.53 bits per heavy atom. The van der Waals surface area contributed by atoms with Gasteiger partial charge in [-0.2, -0.15) is 0 Å². The predicted octanol–water partition coefficient (Wildman–Crippen LogP) is 5.42. The molecule has 0 aliphatic heterocycles. The molecule has 0 radical (unpaired) electrons. The van der Waals surface area contributed by atoms with Gasteiger partial charge in [0.1, 0.15) is 0 Å². The molecule has 0 amide bonds. The minimum absolute atomic E-state index is 1.08. The summed E-state index contributed by atoms with van der Waals surface area (Å²) in [5.74, 6) is 0. The van der Waals surface area contributed by atoms with Crippen molar-refractivity contribution in [2.24, 2.45) is 0 Å². The minimum Gasteiger partial charge on any atom is -0.0984 e. The molecule has 84 valence electrons. The fourth-order valence-electron chi connectivity index (χ4n) is 1.06. The molecule has 0 unspecified atom stereocenters. The molecule has 1 aromatic carbocycles. The van der Waals surface area contributed by atoms with Crippen molar-refractivity contribution < 1.29 is 0 Å². The van der Waals surface area contributed by atoms with Crippen LogP contribution < -0.4 is 0 Å². The maximum Gasteiger partial charge on any atom is -0.0161 e. The van der Waals surface area contributed by atoms with Crippen LogP contribution in [0.4, 0.5) is 0 Å². The molecular formula is C15H24. The molecule has 0 atom stereocenters. The zero-order valence-corrected chi connectivity index (χ0v) is 10.8. The lowest BCUT2D eigenvalue weighted by Crippen LogP contribution is -1.82. The molecule has 0 heterocycles. The van der Waals surface area contributed by atoms with Crippen LogP contribution in [0.15, 0.2) is 37.4 Å². The van der Waals surface area contributed by atoms with Crippen LogP contribution in [0.25, 0.3) is 11.6 Å². The van der Waals surface area contributed by atoms with E-state index in [1.54, 1.807) is 0 Å². The van der Waals surface area contributed by atoms with Gasteiger partial charge < -0.3 is 0 Å². The van der Waals surface area contributed by atoms with E-state index in [-0.39, 0.29) is 0 Å². The lowest BCUT2D eigenvalue weighted by atomic mass is 10.0. The van der Waals surface area contributed by atoms with E-state index in [0.29, 0.717) is 0 Å². The molecule has 0 spiro atoms. The van der Waals surface area contributed by atoms with Gasteiger partial charge in [0.2, 0.25) is 0 Å². The van der Waals surface area contributed by atoms with Crippen LogP contribution in [0.5, 0.6) is 0 Å². The average Bonchev–Trinajstić information content (AvgIpc) is 2.34. The van der Waals surface area contributed by atoms with Crippen molar-refractivity contribution >= 4 is 11.6 Å². The van der Waals surface area contributed by atoms with Crippen LogP contribution in [-0.2, 0) is 0 Å². The minimum atomic E-state index is 1.08. The summed E-state index contributed by atoms with van der Waals surface area (Å²) in [6, 6.07) is 8.11. The summed E-state index contributed by atoms with van der Waals surface area (Å²) in [5, 5.41) is 0. The van der Waals surface area contributed by atoms with Crippen LogP contribution in [-0.4, -0.2) is 0 Å². The molecule has 0 heteroatoms. The average molecular weight is 204 g/mol. The highest BCUT2D eigenvalue weighted by Gasteiger charge is 1.96. The molecule has 0 aliphatic carbocycles. The number of hydrogen-bond donors (Lipinski definition) is 0. The van der Waals surface area contributed by atoms with Crippen LogP contribution in [0.2, 0.25) is 0 Å². The van der Waals surface area contributed by atoms with Crippen LogP contribution in [0.1, 0.15) is 45.7 Å². The maximum atomic E-state index is 3.89. The first-order chi connectivity index (χ1) is 7.25. The summed E-state index contributed by atoms with van der Waals surface area (Å²) < 4.78 is 0. The first-order valence-electron chi connectivity index (χ1n) is 5.63. The van der Waals surface area contributed by atoms with Crippen molar-refractivity contribution in [3.63, 3.8) is 0 Å². The quantitative estimate of drug-likeness (QED) is 0.603. The second kappa shape index (κ2) is 10.8. The normalized spacial score (nSPS) is 7.53. The largest absolute Gasteiger partial charge is 0.0984 e. The second-order valence-corrected chi connectivity index (χ2v) is 2.57. The highest BCUT2D eigenvalue weighted by molar-refractivity contribution is 5.71. The van der Waals surface area contributed by atoms with E-state index >= 15 is 0 Å². The molecule has 0 saturated heterocycles. The Morgan fingerprint density at radius 3 is 1.87 bits per heavy atom. The van der Waals surface area contributed by atoms with Gasteiger partial charge >= 0.3 is 0 Å². The monoisotopic (exact) mass is 204 g/mol. The van der Waals surface area contributed by atoms with Crippen molar-refractivity contribution in [1.29, 1.82) is 0 Å². The molecule has 1 aromatic rings. The van der Waals surface area contributed by atoms with Gasteiger partial charge in [-0.05, 0) is 18.1 Å². The first-order valence-corrected chi connectivity index (χ1v) is 5.63. The number of hydrogen-bond acceptors (Lipinski definition) is 0. The van der Waals surface area contributed by atoms with Gasteiger partial charge in [0.25, 0.3) is 0 Å². The lowest BCUT2D eigenvalue weighted by Gasteiger charge is -2.02. The Bertz CT molecular complexity index is 282. The zero-order chi connectivity index (χ0) is 12.3. The van der Waals surface area contributed by atoms with E-state index in [9.17, 15) is 0 Å². The van der Waals surface area contributed by atoms with Gasteiger partial charge in [-0.3, -0.25) is 0 Å². The van der Waals surface area contributed by atoms with Crippen molar-refractivity contribution in [3.05, 3.63) is 48.6 Å². The van der Waals surface area contributed by atoms with Gasteiger partial charge in [0.15, 0.2) is 0 Å². The molecule has 0 nitrogen and oxygen atoms in total. The molecule has 0 saturated carbocycles. The zero-order valence-electron chi connectivity index (χ0n) is 10.8. The SMILES string of the molecule is C=Cc1ccccc1C(=C)C.CC.CC. The molecule has 1 rings (SSSR count). The number of benzene rings is 1. The van der Waals surface area contributed by atoms with E-state index in [2.05, 4.69) is 19.2 Å². The molecule has 0 bridgehead atoms. The maximum absolute atomic E-state index is 3.89. The van der Waals surface area contributed by atoms with Crippen molar-refractivity contribution in [3.8, 4) is 0 Å². The van der Waals surface area contributed by atoms with Crippen molar-refractivity contribution in [2.75, 3.05) is 0 Å². The smallest absolute Gasteiger partial charge is 0.0161 e. The van der Waals surface area contributed by atoms with Gasteiger partial charge in [-0.1, -0.05) is 76.8 Å². The topological polar surface area (TPSA) is 0 Å². The highest BCUT2D eigenvalue weighted by atomic mass is 14.0. The fourth-order valence-corrected chi connectivity index (χ4v) is 1.06. The molecule has 0 fully saturated rings. The van der Waals surface area contributed by atoms with Gasteiger partial charge in [-0.15, -0.1) is 0 Å². The summed E-state index contributed by atoms with van der Waals surface area (Å²) in [5.41, 5.74) is 3.42. The Balaban J connectivity index is 0. The first kappa shape index (κ1) is 16.1. The summed E-state index contributed by atoms with van der Waals surface area (Å²) in [7, 11) is 0. The second-order valence-electron chi connectivity index (χ2n) is 2.57. The molecule has 0 aromatic heterocycles. The van der Waals surface area contributed by atoms with Gasteiger partial charge in [-0.25, -0.2) is 0 Å². The van der Waals surface area contributed by atoms with Gasteiger partial charge in [0.05, 0.1) is 0 Å². The standard InChI is InChI=1S/C11H12.2C2H6/c1-4-10-7-5-6-8-11(10)9(2)3;2*1-2/h4-8H,1-2H2,3H3;2*1-2H3. The van der Waals surface area contributed by atoms with Crippen molar-refractivity contribution in [2.45, 2.75) is 34.6 Å². The Labute approximate surface area is 95.3 Å². The number of allylic oxidation sites excluding steroid dienone is 1. The Morgan fingerprint density at radius 1 is 1.07 bits per heavy atom. The third kappa shape index (κ3) is 5.90. The summed E-state index contributed by atoms with van der Waals surface area (Å²) in [6.07, 6.45) is 1.85. The third-order valence-electron chi connectivity index (χ3n) is 1.64. The molecular weight excluding hydrogens is 180 g/mol. The van der Waals surface area contributed by atoms with Crippen molar-refractivity contribution in [1.82, 2.24) is 0 Å². The van der Waals surface area contributed by atoms with E-state index in [0.717, 1.165) is 11.1 Å². The van der Waals surface area contributed by atoms with Crippen LogP contribution in [0, 0.1) is 0 Å². The van der Waals surface area contributed by atoms with Crippen LogP contribution >= 0.6 is 0 Å². The van der Waals surface area contributed by atoms with E-state index in [1.165, 1.54) is 5.56 Å². The molecule has 0 N–H and O–H groups in total. The Hall–Kier alpha value is -1.30. The van der Waals surface area contributed by atoms with Gasteiger partial charge in [0, 0.05) is 0 Å². The summed E-state index contributed by atoms with van der Waals surface area (Å²) in [6.45, 7) is 17.6. The molecule has 0 aliphatic rings. The van der Waals surface area contributed by atoms with E-state index < -0.39 is 0 Å². The van der Waals surface area contributed by atoms with Crippen LogP contribution in [0.3, 0.4) is 0 Å².